The Hall–Kier alpha value is -1.95. The second-order valence-corrected chi connectivity index (χ2v) is 5.57. The highest BCUT2D eigenvalue weighted by Crippen LogP contribution is 2.31. The fourth-order valence-electron chi connectivity index (χ4n) is 2.89. The summed E-state index contributed by atoms with van der Waals surface area (Å²) in [7, 11) is 0. The number of amides is 1. The van der Waals surface area contributed by atoms with Gasteiger partial charge in [0.15, 0.2) is 0 Å². The molecule has 6 heteroatoms. The first-order valence-corrected chi connectivity index (χ1v) is 7.30. The molecule has 1 saturated heterocycles. The maximum Gasteiger partial charge on any atom is 0.269 e. The van der Waals surface area contributed by atoms with Gasteiger partial charge in [0, 0.05) is 25.2 Å². The molecule has 1 aromatic rings. The highest BCUT2D eigenvalue weighted by atomic mass is 16.6. The fraction of sp³-hybridized carbons (Fsp3) is 0.533. The van der Waals surface area contributed by atoms with Gasteiger partial charge in [-0.3, -0.25) is 14.9 Å². The van der Waals surface area contributed by atoms with Gasteiger partial charge in [-0.2, -0.15) is 0 Å². The molecule has 1 aliphatic rings. The molecule has 1 aromatic carbocycles. The van der Waals surface area contributed by atoms with Gasteiger partial charge in [-0.25, -0.2) is 0 Å². The van der Waals surface area contributed by atoms with E-state index in [2.05, 4.69) is 17.6 Å². The number of hydrogen-bond acceptors (Lipinski definition) is 4. The van der Waals surface area contributed by atoms with Crippen LogP contribution in [0, 0.1) is 15.5 Å². The van der Waals surface area contributed by atoms with E-state index in [1.54, 1.807) is 12.1 Å². The minimum Gasteiger partial charge on any atom is -0.351 e. The van der Waals surface area contributed by atoms with Crippen molar-refractivity contribution < 1.29 is 9.72 Å². The lowest BCUT2D eigenvalue weighted by molar-refractivity contribution is -0.384. The molecule has 0 aromatic heterocycles. The third-order valence-electron chi connectivity index (χ3n) is 4.03. The van der Waals surface area contributed by atoms with Crippen molar-refractivity contribution in [3.05, 3.63) is 39.9 Å². The molecular weight excluding hydrogens is 270 g/mol. The number of nitrogens with one attached hydrogen (secondary N) is 2. The van der Waals surface area contributed by atoms with Crippen LogP contribution in [0.2, 0.25) is 0 Å². The van der Waals surface area contributed by atoms with Crippen molar-refractivity contribution in [2.24, 2.45) is 5.41 Å². The number of non-ortho nitro benzene ring substituents is 1. The largest absolute Gasteiger partial charge is 0.351 e. The lowest BCUT2D eigenvalue weighted by Crippen LogP contribution is -2.42. The maximum atomic E-state index is 12.5. The first-order valence-electron chi connectivity index (χ1n) is 7.30. The summed E-state index contributed by atoms with van der Waals surface area (Å²) in [4.78, 5) is 22.8. The minimum absolute atomic E-state index is 0.0425. The number of nitro groups is 1. The number of hydrogen-bond donors (Lipinski definition) is 2. The van der Waals surface area contributed by atoms with Gasteiger partial charge in [-0.15, -0.1) is 0 Å². The van der Waals surface area contributed by atoms with E-state index in [4.69, 9.17) is 0 Å². The van der Waals surface area contributed by atoms with Crippen molar-refractivity contribution in [2.75, 3.05) is 13.1 Å². The molecule has 1 atom stereocenters. The molecule has 0 bridgehead atoms. The van der Waals surface area contributed by atoms with Crippen LogP contribution in [0.15, 0.2) is 24.3 Å². The van der Waals surface area contributed by atoms with Gasteiger partial charge in [0.1, 0.15) is 0 Å². The van der Waals surface area contributed by atoms with Crippen LogP contribution in [0.3, 0.4) is 0 Å². The molecule has 1 aliphatic heterocycles. The summed E-state index contributed by atoms with van der Waals surface area (Å²) in [6, 6.07) is 6.37. The molecule has 1 fully saturated rings. The Morgan fingerprint density at radius 2 is 2.33 bits per heavy atom. The Kier molecular flexibility index (Phi) is 4.90. The van der Waals surface area contributed by atoms with E-state index in [9.17, 15) is 14.9 Å². The molecule has 2 rings (SSSR count). The molecule has 0 aliphatic carbocycles. The average molecular weight is 291 g/mol. The predicted octanol–water partition coefficient (Wildman–Crippen LogP) is 1.99. The normalized spacial score (nSPS) is 21.2. The van der Waals surface area contributed by atoms with Crippen LogP contribution in [-0.2, 0) is 11.3 Å². The van der Waals surface area contributed by atoms with E-state index in [0.717, 1.165) is 31.4 Å². The van der Waals surface area contributed by atoms with Crippen LogP contribution in [0.4, 0.5) is 5.69 Å². The number of carbonyl (C=O) groups is 1. The highest BCUT2D eigenvalue weighted by molar-refractivity contribution is 5.83. The van der Waals surface area contributed by atoms with E-state index in [0.29, 0.717) is 13.1 Å². The molecule has 1 amide bonds. The van der Waals surface area contributed by atoms with Gasteiger partial charge in [0.05, 0.1) is 10.3 Å². The third kappa shape index (κ3) is 3.58. The van der Waals surface area contributed by atoms with Crippen molar-refractivity contribution in [3.63, 3.8) is 0 Å². The van der Waals surface area contributed by atoms with Gasteiger partial charge in [-0.05, 0) is 24.9 Å². The smallest absolute Gasteiger partial charge is 0.269 e. The minimum atomic E-state index is -0.426. The highest BCUT2D eigenvalue weighted by Gasteiger charge is 2.39. The van der Waals surface area contributed by atoms with Crippen molar-refractivity contribution >= 4 is 11.6 Å². The number of nitro benzene ring substituents is 1. The Balaban J connectivity index is 2.00. The molecule has 2 N–H and O–H groups in total. The Morgan fingerprint density at radius 3 is 2.95 bits per heavy atom. The van der Waals surface area contributed by atoms with Gasteiger partial charge in [-0.1, -0.05) is 25.5 Å². The molecule has 1 unspecified atom stereocenters. The van der Waals surface area contributed by atoms with Crippen LogP contribution in [0.1, 0.15) is 31.7 Å². The van der Waals surface area contributed by atoms with Crippen molar-refractivity contribution in [1.29, 1.82) is 0 Å². The fourth-order valence-corrected chi connectivity index (χ4v) is 2.89. The number of benzene rings is 1. The Bertz CT molecular complexity index is 525. The average Bonchev–Trinajstić information content (AvgIpc) is 2.95. The Labute approximate surface area is 124 Å². The van der Waals surface area contributed by atoms with E-state index in [-0.39, 0.29) is 17.0 Å². The van der Waals surface area contributed by atoms with E-state index in [1.165, 1.54) is 12.1 Å². The maximum absolute atomic E-state index is 12.5. The zero-order valence-electron chi connectivity index (χ0n) is 12.2. The van der Waals surface area contributed by atoms with Crippen LogP contribution < -0.4 is 10.6 Å². The van der Waals surface area contributed by atoms with Crippen molar-refractivity contribution in [3.8, 4) is 0 Å². The number of rotatable bonds is 6. The van der Waals surface area contributed by atoms with E-state index < -0.39 is 4.92 Å². The second kappa shape index (κ2) is 6.67. The third-order valence-corrected chi connectivity index (χ3v) is 4.03. The molecule has 114 valence electrons. The van der Waals surface area contributed by atoms with Crippen molar-refractivity contribution in [2.45, 2.75) is 32.7 Å². The van der Waals surface area contributed by atoms with E-state index >= 15 is 0 Å². The second-order valence-electron chi connectivity index (χ2n) is 5.57. The van der Waals surface area contributed by atoms with Crippen molar-refractivity contribution in [1.82, 2.24) is 10.6 Å². The number of carbonyl (C=O) groups excluding carboxylic acids is 1. The molecule has 0 saturated carbocycles. The SMILES string of the molecule is CCCC1(C(=O)NCc2cccc([N+](=O)[O-])c2)CCNC1. The standard InChI is InChI=1S/C15H21N3O3/c1-2-6-15(7-8-16-11-15)14(19)17-10-12-4-3-5-13(9-12)18(20)21/h3-5,9,16H,2,6-8,10-11H2,1H3,(H,17,19). The lowest BCUT2D eigenvalue weighted by Gasteiger charge is -2.26. The van der Waals surface area contributed by atoms with Gasteiger partial charge < -0.3 is 10.6 Å². The zero-order chi connectivity index (χ0) is 15.3. The summed E-state index contributed by atoms with van der Waals surface area (Å²) in [5.74, 6) is 0.0425. The van der Waals surface area contributed by atoms with Crippen LogP contribution in [-0.4, -0.2) is 23.9 Å². The molecule has 1 heterocycles. The van der Waals surface area contributed by atoms with Crippen LogP contribution in [0.25, 0.3) is 0 Å². The summed E-state index contributed by atoms with van der Waals surface area (Å²) >= 11 is 0. The van der Waals surface area contributed by atoms with E-state index in [1.807, 2.05) is 0 Å². The molecule has 0 radical (unpaired) electrons. The summed E-state index contributed by atoms with van der Waals surface area (Å²) in [5, 5.41) is 16.9. The number of nitrogens with zero attached hydrogens (tertiary/aromatic N) is 1. The Morgan fingerprint density at radius 1 is 1.52 bits per heavy atom. The van der Waals surface area contributed by atoms with Crippen LogP contribution >= 0.6 is 0 Å². The summed E-state index contributed by atoms with van der Waals surface area (Å²) in [6.07, 6.45) is 2.67. The summed E-state index contributed by atoms with van der Waals surface area (Å²) in [6.45, 7) is 3.98. The van der Waals surface area contributed by atoms with Gasteiger partial charge >= 0.3 is 0 Å². The molecule has 6 nitrogen and oxygen atoms in total. The lowest BCUT2D eigenvalue weighted by atomic mass is 9.81. The first kappa shape index (κ1) is 15.4. The quantitative estimate of drug-likeness (QED) is 0.620. The van der Waals surface area contributed by atoms with Crippen LogP contribution in [0.5, 0.6) is 0 Å². The first-order chi connectivity index (χ1) is 10.1. The predicted molar refractivity (Wildman–Crippen MR) is 79.8 cm³/mol. The summed E-state index contributed by atoms with van der Waals surface area (Å²) < 4.78 is 0. The van der Waals surface area contributed by atoms with Gasteiger partial charge in [0.25, 0.3) is 5.69 Å². The zero-order valence-corrected chi connectivity index (χ0v) is 12.2. The monoisotopic (exact) mass is 291 g/mol. The molecule has 21 heavy (non-hydrogen) atoms. The summed E-state index contributed by atoms with van der Waals surface area (Å²) in [5.41, 5.74) is 0.470. The molecular formula is C15H21N3O3. The van der Waals surface area contributed by atoms with Gasteiger partial charge in [0.2, 0.25) is 5.91 Å². The molecule has 0 spiro atoms. The topological polar surface area (TPSA) is 84.3 Å².